The Morgan fingerprint density at radius 1 is 1.10 bits per heavy atom. The van der Waals surface area contributed by atoms with Gasteiger partial charge in [0.1, 0.15) is 5.75 Å². The van der Waals surface area contributed by atoms with Crippen LogP contribution in [-0.2, 0) is 6.42 Å². The van der Waals surface area contributed by atoms with Gasteiger partial charge in [-0.15, -0.1) is 0 Å². The molecule has 0 saturated heterocycles. The maximum atomic E-state index is 9.40. The first-order valence-electron chi connectivity index (χ1n) is 6.18. The van der Waals surface area contributed by atoms with Crippen molar-refractivity contribution in [1.29, 1.82) is 0 Å². The molecule has 0 saturated carbocycles. The van der Waals surface area contributed by atoms with Crippen molar-refractivity contribution in [3.8, 4) is 17.2 Å². The van der Waals surface area contributed by atoms with Gasteiger partial charge in [0.2, 0.25) is 0 Å². The van der Waals surface area contributed by atoms with Gasteiger partial charge in [-0.25, -0.2) is 0 Å². The lowest BCUT2D eigenvalue weighted by Crippen LogP contribution is -1.90. The minimum absolute atomic E-state index is 0.0396. The van der Waals surface area contributed by atoms with Crippen molar-refractivity contribution in [3.05, 3.63) is 59.9 Å². The molecule has 100 valence electrons. The largest absolute Gasteiger partial charge is 0.506 e. The lowest BCUT2D eigenvalue weighted by atomic mass is 10.1. The number of nitrogens with two attached hydrogens (primary N) is 1. The van der Waals surface area contributed by atoms with Gasteiger partial charge >= 0.3 is 0 Å². The number of anilines is 1. The first-order valence-corrected chi connectivity index (χ1v) is 6.18. The molecule has 0 spiro atoms. The van der Waals surface area contributed by atoms with E-state index < -0.39 is 0 Å². The molecule has 5 heteroatoms. The zero-order chi connectivity index (χ0) is 13.9. The zero-order valence-corrected chi connectivity index (χ0v) is 10.7. The maximum absolute atomic E-state index is 9.40. The normalized spacial score (nSPS) is 10.6. The van der Waals surface area contributed by atoms with Crippen LogP contribution < -0.4 is 5.73 Å². The molecule has 0 amide bonds. The van der Waals surface area contributed by atoms with E-state index in [2.05, 4.69) is 10.1 Å². The Hall–Kier alpha value is -2.82. The molecule has 0 aliphatic carbocycles. The van der Waals surface area contributed by atoms with Crippen molar-refractivity contribution < 1.29 is 9.63 Å². The van der Waals surface area contributed by atoms with Crippen molar-refractivity contribution >= 4 is 5.69 Å². The minimum Gasteiger partial charge on any atom is -0.506 e. The molecule has 0 atom stereocenters. The molecular formula is C15H13N3O2. The molecule has 3 N–H and O–H groups in total. The molecule has 0 aliphatic rings. The maximum Gasteiger partial charge on any atom is 0.258 e. The van der Waals surface area contributed by atoms with Gasteiger partial charge in [-0.05, 0) is 23.8 Å². The van der Waals surface area contributed by atoms with Crippen molar-refractivity contribution in [2.75, 3.05) is 5.73 Å². The van der Waals surface area contributed by atoms with Crippen LogP contribution in [0.1, 0.15) is 11.4 Å². The number of hydrogen-bond donors (Lipinski definition) is 2. The van der Waals surface area contributed by atoms with Crippen LogP contribution in [0.4, 0.5) is 5.69 Å². The molecule has 0 unspecified atom stereocenters. The molecule has 1 aromatic heterocycles. The number of rotatable bonds is 3. The molecular weight excluding hydrogens is 254 g/mol. The number of phenols is 1. The monoisotopic (exact) mass is 267 g/mol. The van der Waals surface area contributed by atoms with Crippen molar-refractivity contribution in [2.24, 2.45) is 0 Å². The summed E-state index contributed by atoms with van der Waals surface area (Å²) in [5.74, 6) is 1.04. The van der Waals surface area contributed by atoms with E-state index in [4.69, 9.17) is 10.3 Å². The molecule has 2 aromatic carbocycles. The highest BCUT2D eigenvalue weighted by Gasteiger charge is 2.10. The van der Waals surface area contributed by atoms with E-state index >= 15 is 0 Å². The number of aromatic hydroxyl groups is 1. The summed E-state index contributed by atoms with van der Waals surface area (Å²) < 4.78 is 5.22. The third kappa shape index (κ3) is 2.47. The number of nitrogens with zero attached hydrogens (tertiary/aromatic N) is 2. The Bertz CT molecular complexity index is 723. The Kier molecular flexibility index (Phi) is 3.09. The molecule has 20 heavy (non-hydrogen) atoms. The summed E-state index contributed by atoms with van der Waals surface area (Å²) in [6.07, 6.45) is 0.609. The summed E-state index contributed by atoms with van der Waals surface area (Å²) in [6.45, 7) is 0. The van der Waals surface area contributed by atoms with Gasteiger partial charge in [-0.2, -0.15) is 4.98 Å². The quantitative estimate of drug-likeness (QED) is 0.562. The number of benzene rings is 2. The van der Waals surface area contributed by atoms with Crippen LogP contribution >= 0.6 is 0 Å². The van der Waals surface area contributed by atoms with Crippen LogP contribution in [-0.4, -0.2) is 15.2 Å². The Morgan fingerprint density at radius 3 is 2.65 bits per heavy atom. The average Bonchev–Trinajstić information content (AvgIpc) is 2.91. The second kappa shape index (κ2) is 5.05. The highest BCUT2D eigenvalue weighted by molar-refractivity contribution is 5.64. The third-order valence-corrected chi connectivity index (χ3v) is 2.95. The van der Waals surface area contributed by atoms with Gasteiger partial charge in [0.25, 0.3) is 5.89 Å². The predicted molar refractivity (Wildman–Crippen MR) is 75.1 cm³/mol. The summed E-state index contributed by atoms with van der Waals surface area (Å²) in [5.41, 5.74) is 7.73. The molecule has 0 radical (unpaired) electrons. The molecule has 5 nitrogen and oxygen atoms in total. The Morgan fingerprint density at radius 2 is 1.90 bits per heavy atom. The van der Waals surface area contributed by atoms with Gasteiger partial charge < -0.3 is 15.4 Å². The van der Waals surface area contributed by atoms with E-state index in [-0.39, 0.29) is 11.4 Å². The molecule has 3 rings (SSSR count). The van der Waals surface area contributed by atoms with E-state index in [0.29, 0.717) is 23.7 Å². The van der Waals surface area contributed by atoms with Crippen molar-refractivity contribution in [2.45, 2.75) is 6.42 Å². The first kappa shape index (κ1) is 12.2. The average molecular weight is 267 g/mol. The predicted octanol–water partition coefficient (Wildman–Crippen LogP) is 2.62. The number of phenolic OH excluding ortho intramolecular Hbond substituents is 1. The molecule has 1 heterocycles. The summed E-state index contributed by atoms with van der Waals surface area (Å²) in [5, 5.41) is 13.3. The standard InChI is InChI=1S/C15H13N3O2/c16-12-9-11(6-7-13(12)19)15-17-14(18-20-15)8-10-4-2-1-3-5-10/h1-7,9,19H,8,16H2. The molecule has 0 aliphatic heterocycles. The van der Waals surface area contributed by atoms with E-state index in [1.165, 1.54) is 6.07 Å². The Balaban J connectivity index is 1.84. The van der Waals surface area contributed by atoms with Crippen LogP contribution in [0, 0.1) is 0 Å². The minimum atomic E-state index is 0.0396. The summed E-state index contributed by atoms with van der Waals surface area (Å²) in [6, 6.07) is 14.7. The highest BCUT2D eigenvalue weighted by Crippen LogP contribution is 2.26. The fraction of sp³-hybridized carbons (Fsp3) is 0.0667. The van der Waals surface area contributed by atoms with Gasteiger partial charge in [0.05, 0.1) is 5.69 Å². The molecule has 0 bridgehead atoms. The van der Waals surface area contributed by atoms with Crippen molar-refractivity contribution in [3.63, 3.8) is 0 Å². The number of aromatic nitrogens is 2. The Labute approximate surface area is 115 Å². The van der Waals surface area contributed by atoms with Gasteiger partial charge in [0.15, 0.2) is 5.82 Å². The topological polar surface area (TPSA) is 85.2 Å². The molecule has 0 fully saturated rings. The first-order chi connectivity index (χ1) is 9.72. The highest BCUT2D eigenvalue weighted by atomic mass is 16.5. The number of hydrogen-bond acceptors (Lipinski definition) is 5. The SMILES string of the molecule is Nc1cc(-c2nc(Cc3ccccc3)no2)ccc1O. The van der Waals surface area contributed by atoms with Gasteiger partial charge in [-0.3, -0.25) is 0 Å². The molecule has 3 aromatic rings. The van der Waals surface area contributed by atoms with Gasteiger partial charge in [-0.1, -0.05) is 35.5 Å². The third-order valence-electron chi connectivity index (χ3n) is 2.95. The fourth-order valence-electron chi connectivity index (χ4n) is 1.91. The lowest BCUT2D eigenvalue weighted by Gasteiger charge is -1.99. The van der Waals surface area contributed by atoms with Crippen LogP contribution in [0.2, 0.25) is 0 Å². The summed E-state index contributed by atoms with van der Waals surface area (Å²) >= 11 is 0. The van der Waals surface area contributed by atoms with Crippen LogP contribution in [0.5, 0.6) is 5.75 Å². The smallest absolute Gasteiger partial charge is 0.258 e. The number of nitrogen functional groups attached to an aromatic ring is 1. The van der Waals surface area contributed by atoms with Crippen molar-refractivity contribution in [1.82, 2.24) is 10.1 Å². The fourth-order valence-corrected chi connectivity index (χ4v) is 1.91. The second-order valence-corrected chi connectivity index (χ2v) is 4.45. The zero-order valence-electron chi connectivity index (χ0n) is 10.7. The van der Waals surface area contributed by atoms with E-state index in [9.17, 15) is 5.11 Å². The van der Waals surface area contributed by atoms with Crippen LogP contribution in [0.3, 0.4) is 0 Å². The van der Waals surface area contributed by atoms with E-state index in [1.807, 2.05) is 30.3 Å². The van der Waals surface area contributed by atoms with Crippen LogP contribution in [0.25, 0.3) is 11.5 Å². The summed E-state index contributed by atoms with van der Waals surface area (Å²) in [4.78, 5) is 4.33. The lowest BCUT2D eigenvalue weighted by molar-refractivity contribution is 0.424. The van der Waals surface area contributed by atoms with E-state index in [0.717, 1.165) is 5.56 Å². The van der Waals surface area contributed by atoms with Crippen LogP contribution in [0.15, 0.2) is 53.1 Å². The van der Waals surface area contributed by atoms with E-state index in [1.54, 1.807) is 12.1 Å². The second-order valence-electron chi connectivity index (χ2n) is 4.45. The summed E-state index contributed by atoms with van der Waals surface area (Å²) in [7, 11) is 0. The van der Waals surface area contributed by atoms with Gasteiger partial charge in [0, 0.05) is 12.0 Å².